The fraction of sp³-hybridized carbons (Fsp3) is 0.529. The summed E-state index contributed by atoms with van der Waals surface area (Å²) in [5.41, 5.74) is 1.38. The summed E-state index contributed by atoms with van der Waals surface area (Å²) in [6.45, 7) is 8.72. The van der Waals surface area contributed by atoms with Crippen molar-refractivity contribution in [1.82, 2.24) is 14.8 Å². The Kier molecular flexibility index (Phi) is 7.22. The molecule has 2 rings (SSSR count). The van der Waals surface area contributed by atoms with Crippen LogP contribution in [0.4, 0.5) is 5.00 Å². The molecule has 0 aliphatic heterocycles. The van der Waals surface area contributed by atoms with Gasteiger partial charge in [0.15, 0.2) is 5.16 Å². The molecule has 0 unspecified atom stereocenters. The number of ether oxygens (including phenoxy) is 1. The van der Waals surface area contributed by atoms with Gasteiger partial charge in [-0.25, -0.2) is 4.79 Å². The number of methoxy groups -OCH3 is 1. The number of carbonyl (C=O) groups excluding carboxylic acids is 2. The van der Waals surface area contributed by atoms with E-state index in [-0.39, 0.29) is 11.7 Å². The van der Waals surface area contributed by atoms with Gasteiger partial charge in [0.2, 0.25) is 5.91 Å². The van der Waals surface area contributed by atoms with Crippen molar-refractivity contribution in [2.45, 2.75) is 52.2 Å². The minimum absolute atomic E-state index is 0.187. The number of anilines is 1. The third kappa shape index (κ3) is 4.45. The number of hydrogen-bond acceptors (Lipinski definition) is 7. The maximum absolute atomic E-state index is 12.4. The predicted molar refractivity (Wildman–Crippen MR) is 104 cm³/mol. The van der Waals surface area contributed by atoms with E-state index in [1.54, 1.807) is 0 Å². The molecule has 2 heterocycles. The van der Waals surface area contributed by atoms with E-state index in [9.17, 15) is 9.59 Å². The first-order chi connectivity index (χ1) is 12.4. The Labute approximate surface area is 161 Å². The van der Waals surface area contributed by atoms with E-state index in [1.165, 1.54) is 30.2 Å². The topological polar surface area (TPSA) is 86.1 Å². The lowest BCUT2D eigenvalue weighted by Gasteiger charge is -2.08. The van der Waals surface area contributed by atoms with Gasteiger partial charge in [-0.2, -0.15) is 0 Å². The monoisotopic (exact) mass is 396 g/mol. The first kappa shape index (κ1) is 20.4. The minimum Gasteiger partial charge on any atom is -0.465 e. The fourth-order valence-corrected chi connectivity index (χ4v) is 4.61. The summed E-state index contributed by atoms with van der Waals surface area (Å²) in [5.74, 6) is 0.422. The van der Waals surface area contributed by atoms with Gasteiger partial charge < -0.3 is 14.6 Å². The summed E-state index contributed by atoms with van der Waals surface area (Å²) < 4.78 is 6.88. The van der Waals surface area contributed by atoms with Crippen molar-refractivity contribution < 1.29 is 14.3 Å². The lowest BCUT2D eigenvalue weighted by Crippen LogP contribution is -2.16. The highest BCUT2D eigenvalue weighted by Crippen LogP contribution is 2.34. The second kappa shape index (κ2) is 9.18. The van der Waals surface area contributed by atoms with Crippen LogP contribution in [-0.4, -0.2) is 39.5 Å². The molecule has 0 fully saturated rings. The average Bonchev–Trinajstić information content (AvgIpc) is 3.12. The molecule has 0 aromatic carbocycles. The number of thiophene rings is 1. The van der Waals surface area contributed by atoms with Crippen LogP contribution in [0.5, 0.6) is 0 Å². The zero-order valence-electron chi connectivity index (χ0n) is 15.7. The van der Waals surface area contributed by atoms with Crippen molar-refractivity contribution in [1.29, 1.82) is 0 Å². The summed E-state index contributed by atoms with van der Waals surface area (Å²) >= 11 is 2.74. The van der Waals surface area contributed by atoms with E-state index in [2.05, 4.69) is 22.4 Å². The first-order valence-corrected chi connectivity index (χ1v) is 10.3. The summed E-state index contributed by atoms with van der Waals surface area (Å²) in [5, 5.41) is 12.3. The molecule has 2 aromatic heterocycles. The van der Waals surface area contributed by atoms with Crippen LogP contribution in [-0.2, 0) is 22.5 Å². The normalized spacial score (nSPS) is 10.8. The Hall–Kier alpha value is -1.87. The van der Waals surface area contributed by atoms with Crippen molar-refractivity contribution in [2.24, 2.45) is 0 Å². The molecule has 0 saturated heterocycles. The molecule has 1 N–H and O–H groups in total. The maximum atomic E-state index is 12.4. The molecule has 0 saturated carbocycles. The van der Waals surface area contributed by atoms with E-state index in [0.717, 1.165) is 34.4 Å². The van der Waals surface area contributed by atoms with Crippen LogP contribution in [0, 0.1) is 13.8 Å². The Morgan fingerprint density at radius 2 is 2.00 bits per heavy atom. The zero-order valence-corrected chi connectivity index (χ0v) is 17.3. The van der Waals surface area contributed by atoms with Crippen molar-refractivity contribution in [2.75, 3.05) is 18.2 Å². The number of aromatic nitrogens is 3. The fourth-order valence-electron chi connectivity index (χ4n) is 2.65. The zero-order chi connectivity index (χ0) is 19.3. The third-order valence-electron chi connectivity index (χ3n) is 3.89. The minimum atomic E-state index is -0.424. The van der Waals surface area contributed by atoms with Gasteiger partial charge in [-0.1, -0.05) is 25.6 Å². The molecule has 0 aliphatic rings. The molecule has 1 amide bonds. The highest BCUT2D eigenvalue weighted by atomic mass is 32.2. The number of rotatable bonds is 8. The molecule has 0 spiro atoms. The van der Waals surface area contributed by atoms with E-state index >= 15 is 0 Å². The molecule has 26 heavy (non-hydrogen) atoms. The summed E-state index contributed by atoms with van der Waals surface area (Å²) in [4.78, 5) is 25.5. The van der Waals surface area contributed by atoms with Gasteiger partial charge in [-0.05, 0) is 32.3 Å². The van der Waals surface area contributed by atoms with Crippen LogP contribution < -0.4 is 5.32 Å². The average molecular weight is 397 g/mol. The van der Waals surface area contributed by atoms with Gasteiger partial charge >= 0.3 is 5.97 Å². The molecular formula is C17H24N4O3S2. The van der Waals surface area contributed by atoms with Gasteiger partial charge in [0.1, 0.15) is 10.8 Å². The molecule has 142 valence electrons. The number of aryl methyl sites for hydroxylation is 2. The van der Waals surface area contributed by atoms with Crippen molar-refractivity contribution >= 4 is 40.0 Å². The van der Waals surface area contributed by atoms with Gasteiger partial charge in [-0.3, -0.25) is 4.79 Å². The standard InChI is InChI=1S/C17H24N4O3S2/c1-6-8-21-11(4)19-20-17(21)25-9-13(22)18-15-14(16(23)24-5)12(7-2)10(3)26-15/h6-9H2,1-5H3,(H,18,22). The number of nitrogens with zero attached hydrogens (tertiary/aromatic N) is 3. The van der Waals surface area contributed by atoms with Crippen LogP contribution in [0.15, 0.2) is 5.16 Å². The number of amides is 1. The van der Waals surface area contributed by atoms with Gasteiger partial charge in [-0.15, -0.1) is 21.5 Å². The Balaban J connectivity index is 2.10. The van der Waals surface area contributed by atoms with Crippen LogP contribution in [0.1, 0.15) is 46.9 Å². The molecule has 7 nitrogen and oxygen atoms in total. The highest BCUT2D eigenvalue weighted by molar-refractivity contribution is 7.99. The van der Waals surface area contributed by atoms with Crippen molar-refractivity contribution in [3.05, 3.63) is 21.8 Å². The number of nitrogens with one attached hydrogen (secondary N) is 1. The van der Waals surface area contributed by atoms with E-state index < -0.39 is 5.97 Å². The molecule has 2 aromatic rings. The van der Waals surface area contributed by atoms with Gasteiger partial charge in [0, 0.05) is 11.4 Å². The predicted octanol–water partition coefficient (Wildman–Crippen LogP) is 3.45. The number of hydrogen-bond donors (Lipinski definition) is 1. The Morgan fingerprint density at radius 1 is 1.27 bits per heavy atom. The first-order valence-electron chi connectivity index (χ1n) is 8.45. The number of carbonyl (C=O) groups is 2. The van der Waals surface area contributed by atoms with Gasteiger partial charge in [0.05, 0.1) is 18.4 Å². The lowest BCUT2D eigenvalue weighted by atomic mass is 10.1. The van der Waals surface area contributed by atoms with Crippen LogP contribution >= 0.6 is 23.1 Å². The van der Waals surface area contributed by atoms with Gasteiger partial charge in [0.25, 0.3) is 0 Å². The largest absolute Gasteiger partial charge is 0.465 e. The number of esters is 1. The summed E-state index contributed by atoms with van der Waals surface area (Å²) in [6, 6.07) is 0. The second-order valence-electron chi connectivity index (χ2n) is 5.70. The van der Waals surface area contributed by atoms with E-state index in [1.807, 2.05) is 25.3 Å². The summed E-state index contributed by atoms with van der Waals surface area (Å²) in [6.07, 6.45) is 1.67. The molecule has 0 bridgehead atoms. The van der Waals surface area contributed by atoms with E-state index in [4.69, 9.17) is 4.74 Å². The number of thioether (sulfide) groups is 1. The van der Waals surface area contributed by atoms with Crippen LogP contribution in [0.25, 0.3) is 0 Å². The molecule has 0 atom stereocenters. The second-order valence-corrected chi connectivity index (χ2v) is 7.87. The van der Waals surface area contributed by atoms with Crippen LogP contribution in [0.2, 0.25) is 0 Å². The van der Waals surface area contributed by atoms with Crippen LogP contribution in [0.3, 0.4) is 0 Å². The highest BCUT2D eigenvalue weighted by Gasteiger charge is 2.23. The SMILES string of the molecule is CCCn1c(C)nnc1SCC(=O)Nc1sc(C)c(CC)c1C(=O)OC. The Bertz CT molecular complexity index is 798. The smallest absolute Gasteiger partial charge is 0.341 e. The Morgan fingerprint density at radius 3 is 2.62 bits per heavy atom. The third-order valence-corrected chi connectivity index (χ3v) is 5.92. The quantitative estimate of drug-likeness (QED) is 0.543. The molecular weight excluding hydrogens is 372 g/mol. The molecule has 9 heteroatoms. The lowest BCUT2D eigenvalue weighted by molar-refractivity contribution is -0.113. The maximum Gasteiger partial charge on any atom is 0.341 e. The summed E-state index contributed by atoms with van der Waals surface area (Å²) in [7, 11) is 1.35. The van der Waals surface area contributed by atoms with E-state index in [0.29, 0.717) is 17.0 Å². The van der Waals surface area contributed by atoms with Crippen molar-refractivity contribution in [3.8, 4) is 0 Å². The van der Waals surface area contributed by atoms with Crippen molar-refractivity contribution in [3.63, 3.8) is 0 Å². The molecule has 0 radical (unpaired) electrons. The molecule has 0 aliphatic carbocycles.